The number of thiophene rings is 1. The van der Waals surface area contributed by atoms with Crippen molar-refractivity contribution in [2.75, 3.05) is 29.9 Å². The largest absolute Gasteiger partial charge is 0.356 e. The van der Waals surface area contributed by atoms with Crippen molar-refractivity contribution in [2.45, 2.75) is 53.0 Å². The summed E-state index contributed by atoms with van der Waals surface area (Å²) >= 11 is 1.70. The number of fused-ring (bicyclic) bond motifs is 1. The van der Waals surface area contributed by atoms with Crippen LogP contribution in [0.3, 0.4) is 0 Å². The third-order valence-corrected chi connectivity index (χ3v) is 7.84. The topological polar surface area (TPSA) is 78.4 Å². The van der Waals surface area contributed by atoms with E-state index in [9.17, 15) is 9.59 Å². The van der Waals surface area contributed by atoms with E-state index in [0.717, 1.165) is 54.1 Å². The number of hydrogen-bond acceptors (Lipinski definition) is 6. The summed E-state index contributed by atoms with van der Waals surface area (Å²) in [6.07, 6.45) is 3.95. The van der Waals surface area contributed by atoms with E-state index in [1.807, 2.05) is 44.2 Å². The Labute approximate surface area is 205 Å². The summed E-state index contributed by atoms with van der Waals surface area (Å²) in [4.78, 5) is 41.8. The smallest absolute Gasteiger partial charge is 0.246 e. The summed E-state index contributed by atoms with van der Waals surface area (Å²) in [5, 5.41) is 4.07. The lowest BCUT2D eigenvalue weighted by molar-refractivity contribution is -0.142. The minimum atomic E-state index is -0.524. The number of nitrogens with zero attached hydrogens (tertiary/aromatic N) is 4. The summed E-state index contributed by atoms with van der Waals surface area (Å²) in [7, 11) is 0. The van der Waals surface area contributed by atoms with E-state index in [2.05, 4.69) is 34.0 Å². The summed E-state index contributed by atoms with van der Waals surface area (Å²) in [5.74, 6) is 0.806. The van der Waals surface area contributed by atoms with Crippen molar-refractivity contribution in [1.29, 1.82) is 0 Å². The van der Waals surface area contributed by atoms with Gasteiger partial charge in [-0.05, 0) is 57.7 Å². The zero-order chi connectivity index (χ0) is 24.2. The average Bonchev–Trinajstić information content (AvgIpc) is 3.16. The Balaban J connectivity index is 1.43. The number of anilines is 2. The van der Waals surface area contributed by atoms with Gasteiger partial charge in [-0.25, -0.2) is 9.97 Å². The molecule has 4 rings (SSSR count). The van der Waals surface area contributed by atoms with E-state index in [1.54, 1.807) is 22.6 Å². The zero-order valence-corrected chi connectivity index (χ0v) is 21.2. The molecule has 0 bridgehead atoms. The number of carbonyl (C=O) groups excluding carboxylic acids is 2. The number of aromatic nitrogens is 2. The van der Waals surface area contributed by atoms with Crippen LogP contribution in [0.2, 0.25) is 0 Å². The maximum Gasteiger partial charge on any atom is 0.246 e. The van der Waals surface area contributed by atoms with Gasteiger partial charge in [0.25, 0.3) is 0 Å². The van der Waals surface area contributed by atoms with Gasteiger partial charge in [0, 0.05) is 36.1 Å². The van der Waals surface area contributed by atoms with Crippen molar-refractivity contribution in [3.63, 3.8) is 0 Å². The van der Waals surface area contributed by atoms with Crippen molar-refractivity contribution in [2.24, 2.45) is 5.92 Å². The number of benzene rings is 1. The molecule has 2 amide bonds. The monoisotopic (exact) mass is 479 g/mol. The Kier molecular flexibility index (Phi) is 7.46. The van der Waals surface area contributed by atoms with Crippen LogP contribution in [-0.4, -0.2) is 52.4 Å². The molecule has 1 aromatic carbocycles. The van der Waals surface area contributed by atoms with Gasteiger partial charge in [0.2, 0.25) is 11.8 Å². The summed E-state index contributed by atoms with van der Waals surface area (Å²) in [6, 6.07) is 8.86. The Morgan fingerprint density at radius 3 is 2.56 bits per heavy atom. The first-order valence-electron chi connectivity index (χ1n) is 12.0. The lowest BCUT2D eigenvalue weighted by Crippen LogP contribution is -2.50. The number of aryl methyl sites for hydroxylation is 2. The maximum atomic E-state index is 13.5. The van der Waals surface area contributed by atoms with Crippen LogP contribution in [0.15, 0.2) is 36.7 Å². The van der Waals surface area contributed by atoms with Crippen molar-refractivity contribution < 1.29 is 9.59 Å². The highest BCUT2D eigenvalue weighted by Gasteiger charge is 2.33. The molecule has 180 valence electrons. The highest BCUT2D eigenvalue weighted by atomic mass is 32.1. The molecule has 7 nitrogen and oxygen atoms in total. The van der Waals surface area contributed by atoms with Gasteiger partial charge in [0.15, 0.2) is 0 Å². The van der Waals surface area contributed by atoms with Gasteiger partial charge in [-0.3, -0.25) is 9.59 Å². The van der Waals surface area contributed by atoms with Crippen LogP contribution in [0.1, 0.15) is 43.6 Å². The summed E-state index contributed by atoms with van der Waals surface area (Å²) in [5.41, 5.74) is 1.98. The SMILES string of the molecule is CCCN(C(=O)C1CCN(c2ncnc3sc(C)c(C)c23)CC1)C(C)C(=O)Nc1ccccc1. The van der Waals surface area contributed by atoms with Crippen LogP contribution in [0.25, 0.3) is 10.2 Å². The molecular formula is C26H33N5O2S. The Morgan fingerprint density at radius 1 is 1.18 bits per heavy atom. The van der Waals surface area contributed by atoms with Crippen molar-refractivity contribution >= 4 is 44.9 Å². The molecule has 1 saturated heterocycles. The molecule has 1 N–H and O–H groups in total. The minimum absolute atomic E-state index is 0.0765. The number of rotatable bonds is 7. The van der Waals surface area contributed by atoms with Crippen LogP contribution in [0.4, 0.5) is 11.5 Å². The predicted octanol–water partition coefficient (Wildman–Crippen LogP) is 4.79. The Bertz CT molecular complexity index is 1150. The van der Waals surface area contributed by atoms with Gasteiger partial charge in [0.1, 0.15) is 23.0 Å². The standard InChI is InChI=1S/C26H33N5O2S/c1-5-13-31(18(3)24(32)29-21-9-7-6-8-10-21)26(33)20-11-14-30(15-12-20)23-22-17(2)19(4)34-25(22)28-16-27-23/h6-10,16,18,20H,5,11-15H2,1-4H3,(H,29,32). The van der Waals surface area contributed by atoms with Gasteiger partial charge < -0.3 is 15.1 Å². The first-order valence-corrected chi connectivity index (χ1v) is 12.8. The fourth-order valence-electron chi connectivity index (χ4n) is 4.62. The molecule has 2 aromatic heterocycles. The number of amides is 2. The molecule has 1 aliphatic rings. The van der Waals surface area contributed by atoms with Gasteiger partial charge >= 0.3 is 0 Å². The summed E-state index contributed by atoms with van der Waals surface area (Å²) in [6.45, 7) is 10.2. The minimum Gasteiger partial charge on any atom is -0.356 e. The molecule has 3 heterocycles. The van der Waals surface area contributed by atoms with Crippen molar-refractivity contribution in [3.8, 4) is 0 Å². The molecule has 0 spiro atoms. The predicted molar refractivity (Wildman–Crippen MR) is 138 cm³/mol. The molecule has 34 heavy (non-hydrogen) atoms. The fourth-order valence-corrected chi connectivity index (χ4v) is 5.61. The first-order chi connectivity index (χ1) is 16.4. The number of nitrogens with one attached hydrogen (secondary N) is 1. The quantitative estimate of drug-likeness (QED) is 0.527. The fraction of sp³-hybridized carbons (Fsp3) is 0.462. The first kappa shape index (κ1) is 24.1. The van der Waals surface area contributed by atoms with Crippen LogP contribution in [0.5, 0.6) is 0 Å². The van der Waals surface area contributed by atoms with Gasteiger partial charge in [0.05, 0.1) is 5.39 Å². The molecule has 0 saturated carbocycles. The van der Waals surface area contributed by atoms with E-state index >= 15 is 0 Å². The lowest BCUT2D eigenvalue weighted by atomic mass is 9.94. The molecule has 1 unspecified atom stereocenters. The van der Waals surface area contributed by atoms with Gasteiger partial charge in [-0.2, -0.15) is 0 Å². The lowest BCUT2D eigenvalue weighted by Gasteiger charge is -2.36. The van der Waals surface area contributed by atoms with E-state index in [1.165, 1.54) is 10.4 Å². The van der Waals surface area contributed by atoms with Crippen molar-refractivity contribution in [1.82, 2.24) is 14.9 Å². The normalized spacial score (nSPS) is 15.4. The molecule has 1 atom stereocenters. The second-order valence-corrected chi connectivity index (χ2v) is 10.2. The highest BCUT2D eigenvalue weighted by Crippen LogP contribution is 2.35. The second-order valence-electron chi connectivity index (χ2n) is 8.98. The Morgan fingerprint density at radius 2 is 1.88 bits per heavy atom. The second kappa shape index (κ2) is 10.5. The molecule has 0 aliphatic carbocycles. The molecule has 1 fully saturated rings. The van der Waals surface area contributed by atoms with Crippen LogP contribution in [0, 0.1) is 19.8 Å². The zero-order valence-electron chi connectivity index (χ0n) is 20.4. The molecule has 0 radical (unpaired) electrons. The van der Waals surface area contributed by atoms with Crippen molar-refractivity contribution in [3.05, 3.63) is 47.1 Å². The van der Waals surface area contributed by atoms with Gasteiger partial charge in [-0.15, -0.1) is 11.3 Å². The van der Waals surface area contributed by atoms with E-state index in [-0.39, 0.29) is 17.7 Å². The average molecular weight is 480 g/mol. The molecule has 1 aliphatic heterocycles. The number of piperidine rings is 1. The third kappa shape index (κ3) is 4.92. The van der Waals surface area contributed by atoms with E-state index in [4.69, 9.17) is 0 Å². The number of para-hydroxylation sites is 1. The molecular weight excluding hydrogens is 446 g/mol. The van der Waals surface area contributed by atoms with Gasteiger partial charge in [-0.1, -0.05) is 25.1 Å². The maximum absolute atomic E-state index is 13.5. The number of carbonyl (C=O) groups is 2. The Hall–Kier alpha value is -3.00. The summed E-state index contributed by atoms with van der Waals surface area (Å²) < 4.78 is 0. The molecule has 8 heteroatoms. The van der Waals surface area contributed by atoms with E-state index in [0.29, 0.717) is 6.54 Å². The molecule has 3 aromatic rings. The van der Waals surface area contributed by atoms with Crippen LogP contribution < -0.4 is 10.2 Å². The van der Waals surface area contributed by atoms with E-state index < -0.39 is 6.04 Å². The highest BCUT2D eigenvalue weighted by molar-refractivity contribution is 7.18. The van der Waals surface area contributed by atoms with Crippen LogP contribution >= 0.6 is 11.3 Å². The third-order valence-electron chi connectivity index (χ3n) is 6.72. The number of hydrogen-bond donors (Lipinski definition) is 1. The van der Waals surface area contributed by atoms with Crippen LogP contribution in [-0.2, 0) is 9.59 Å².